The molecule has 0 atom stereocenters. The molecular formula is C6H5F3NO. The Bertz CT molecular complexity index is 192. The summed E-state index contributed by atoms with van der Waals surface area (Å²) in [5.41, 5.74) is 6.27. The van der Waals surface area contributed by atoms with Gasteiger partial charge in [-0.1, -0.05) is 12.2 Å². The lowest BCUT2D eigenvalue weighted by atomic mass is 10.4. The van der Waals surface area contributed by atoms with Gasteiger partial charge in [-0.3, -0.25) is 10.5 Å². The molecule has 1 N–H and O–H groups in total. The van der Waals surface area contributed by atoms with E-state index in [2.05, 4.69) is 0 Å². The summed E-state index contributed by atoms with van der Waals surface area (Å²) in [4.78, 5) is 9.83. The van der Waals surface area contributed by atoms with Crippen LogP contribution in [0.1, 0.15) is 0 Å². The fourth-order valence-corrected chi connectivity index (χ4v) is 0.308. The summed E-state index contributed by atoms with van der Waals surface area (Å²) >= 11 is 0. The van der Waals surface area contributed by atoms with Crippen molar-refractivity contribution in [3.05, 3.63) is 24.3 Å². The quantitative estimate of drug-likeness (QED) is 0.450. The summed E-state index contributed by atoms with van der Waals surface area (Å²) in [5, 5.41) is 0. The van der Waals surface area contributed by atoms with E-state index in [0.29, 0.717) is 6.08 Å². The summed E-state index contributed by atoms with van der Waals surface area (Å²) in [6.07, 6.45) is -2.14. The van der Waals surface area contributed by atoms with Crippen LogP contribution in [0.25, 0.3) is 0 Å². The molecule has 0 bridgehead atoms. The van der Waals surface area contributed by atoms with Crippen molar-refractivity contribution >= 4 is 5.91 Å². The fraction of sp³-hybridized carbons (Fsp3) is 0.167. The molecule has 0 unspecified atom stereocenters. The number of nitrogens with one attached hydrogen (secondary N) is 1. The number of halogens is 3. The lowest BCUT2D eigenvalue weighted by Gasteiger charge is -1.94. The van der Waals surface area contributed by atoms with Crippen molar-refractivity contribution in [3.63, 3.8) is 0 Å². The first-order valence-electron chi connectivity index (χ1n) is 2.60. The Balaban J connectivity index is 3.88. The van der Waals surface area contributed by atoms with Crippen molar-refractivity contribution in [3.8, 4) is 0 Å². The van der Waals surface area contributed by atoms with E-state index in [1.807, 2.05) is 0 Å². The molecule has 0 aliphatic carbocycles. The Hall–Kier alpha value is -1.26. The Morgan fingerprint density at radius 1 is 1.27 bits per heavy atom. The van der Waals surface area contributed by atoms with Gasteiger partial charge in [0.1, 0.15) is 0 Å². The fourth-order valence-electron chi connectivity index (χ4n) is 0.308. The minimum absolute atomic E-state index is 0.0214. The molecule has 0 aliphatic heterocycles. The molecule has 0 aliphatic rings. The van der Waals surface area contributed by atoms with Crippen molar-refractivity contribution in [2.75, 3.05) is 0 Å². The normalized spacial score (nSPS) is 13.0. The maximum absolute atomic E-state index is 11.3. The third kappa shape index (κ3) is 8.74. The predicted octanol–water partition coefficient (Wildman–Crippen LogP) is 1.47. The number of carbonyl (C=O) groups excluding carboxylic acids is 1. The number of amides is 1. The SMILES string of the molecule is [NH]C(=O)/C=C/C=C/C(F)(F)F. The van der Waals surface area contributed by atoms with E-state index in [4.69, 9.17) is 5.73 Å². The molecule has 0 saturated heterocycles. The van der Waals surface area contributed by atoms with Crippen LogP contribution in [0.15, 0.2) is 24.3 Å². The molecule has 1 radical (unpaired) electrons. The number of alkyl halides is 3. The van der Waals surface area contributed by atoms with Crippen LogP contribution in [0, 0.1) is 0 Å². The second kappa shape index (κ2) is 3.80. The van der Waals surface area contributed by atoms with Gasteiger partial charge in [0.25, 0.3) is 5.91 Å². The third-order valence-corrected chi connectivity index (χ3v) is 0.644. The Kier molecular flexibility index (Phi) is 3.36. The van der Waals surface area contributed by atoms with E-state index in [1.165, 1.54) is 0 Å². The van der Waals surface area contributed by atoms with Crippen molar-refractivity contribution in [1.29, 1.82) is 0 Å². The molecule has 0 aromatic rings. The second-order valence-electron chi connectivity index (χ2n) is 1.62. The Labute approximate surface area is 61.2 Å². The number of hydrogen-bond acceptors (Lipinski definition) is 1. The molecule has 0 aromatic heterocycles. The molecule has 2 nitrogen and oxygen atoms in total. The van der Waals surface area contributed by atoms with Crippen LogP contribution < -0.4 is 5.73 Å². The number of allylic oxidation sites excluding steroid dienone is 3. The van der Waals surface area contributed by atoms with E-state index in [1.54, 1.807) is 0 Å². The highest BCUT2D eigenvalue weighted by atomic mass is 19.4. The predicted molar refractivity (Wildman–Crippen MR) is 32.4 cm³/mol. The van der Waals surface area contributed by atoms with Crippen LogP contribution in [0.3, 0.4) is 0 Å². The lowest BCUT2D eigenvalue weighted by molar-refractivity contribution is -0.114. The molecule has 0 saturated carbocycles. The summed E-state index contributed by atoms with van der Waals surface area (Å²) in [5.74, 6) is -1.03. The van der Waals surface area contributed by atoms with Crippen molar-refractivity contribution in [2.45, 2.75) is 6.18 Å². The van der Waals surface area contributed by atoms with E-state index in [9.17, 15) is 18.0 Å². The molecule has 1 amide bonds. The minimum atomic E-state index is -4.37. The molecule has 0 rings (SSSR count). The van der Waals surface area contributed by atoms with Crippen LogP contribution >= 0.6 is 0 Å². The number of rotatable bonds is 2. The van der Waals surface area contributed by atoms with Crippen LogP contribution in [-0.2, 0) is 4.79 Å². The first-order chi connectivity index (χ1) is 4.92. The van der Waals surface area contributed by atoms with Crippen molar-refractivity contribution in [1.82, 2.24) is 5.73 Å². The van der Waals surface area contributed by atoms with Gasteiger partial charge in [0.05, 0.1) is 0 Å². The maximum Gasteiger partial charge on any atom is 0.409 e. The summed E-state index contributed by atoms with van der Waals surface area (Å²) in [7, 11) is 0. The largest absolute Gasteiger partial charge is 0.409 e. The second-order valence-corrected chi connectivity index (χ2v) is 1.62. The monoisotopic (exact) mass is 164 g/mol. The van der Waals surface area contributed by atoms with Crippen LogP contribution in [0.5, 0.6) is 0 Å². The molecular weight excluding hydrogens is 159 g/mol. The van der Waals surface area contributed by atoms with Crippen LogP contribution in [-0.4, -0.2) is 12.1 Å². The van der Waals surface area contributed by atoms with Gasteiger partial charge < -0.3 is 0 Å². The average Bonchev–Trinajstić information content (AvgIpc) is 1.78. The van der Waals surface area contributed by atoms with Gasteiger partial charge in [-0.2, -0.15) is 13.2 Å². The molecule has 0 heterocycles. The lowest BCUT2D eigenvalue weighted by Crippen LogP contribution is -1.99. The van der Waals surface area contributed by atoms with Crippen molar-refractivity contribution in [2.24, 2.45) is 0 Å². The number of carbonyl (C=O) groups is 1. The summed E-state index contributed by atoms with van der Waals surface area (Å²) in [6, 6.07) is 0. The van der Waals surface area contributed by atoms with E-state index in [-0.39, 0.29) is 6.08 Å². The summed E-state index contributed by atoms with van der Waals surface area (Å²) < 4.78 is 34.0. The third-order valence-electron chi connectivity index (χ3n) is 0.644. The van der Waals surface area contributed by atoms with E-state index >= 15 is 0 Å². The zero-order valence-corrected chi connectivity index (χ0v) is 5.35. The maximum atomic E-state index is 11.3. The standard InChI is InChI=1S/C6H5F3NO/c7-6(8,9)4-2-1-3-5(10)11/h1-4,10H/b3-1+,4-2+. The first-order valence-corrected chi connectivity index (χ1v) is 2.60. The highest BCUT2D eigenvalue weighted by molar-refractivity contribution is 5.85. The molecule has 0 fully saturated rings. The Morgan fingerprint density at radius 2 is 1.82 bits per heavy atom. The van der Waals surface area contributed by atoms with Gasteiger partial charge in [-0.15, -0.1) is 0 Å². The van der Waals surface area contributed by atoms with Gasteiger partial charge in [0, 0.05) is 12.2 Å². The zero-order chi connectivity index (χ0) is 8.91. The smallest absolute Gasteiger partial charge is 0.268 e. The minimum Gasteiger partial charge on any atom is -0.268 e. The molecule has 61 valence electrons. The highest BCUT2D eigenvalue weighted by Gasteiger charge is 2.21. The Morgan fingerprint density at radius 3 is 2.18 bits per heavy atom. The highest BCUT2D eigenvalue weighted by Crippen LogP contribution is 2.15. The van der Waals surface area contributed by atoms with Crippen molar-refractivity contribution < 1.29 is 18.0 Å². The van der Waals surface area contributed by atoms with Gasteiger partial charge in [-0.05, 0) is 0 Å². The van der Waals surface area contributed by atoms with Gasteiger partial charge in [-0.25, -0.2) is 0 Å². The van der Waals surface area contributed by atoms with Crippen LogP contribution in [0.4, 0.5) is 13.2 Å². The molecule has 5 heteroatoms. The summed E-state index contributed by atoms with van der Waals surface area (Å²) in [6.45, 7) is 0. The van der Waals surface area contributed by atoms with E-state index in [0.717, 1.165) is 12.2 Å². The molecule has 0 spiro atoms. The van der Waals surface area contributed by atoms with Gasteiger partial charge in [0.2, 0.25) is 0 Å². The van der Waals surface area contributed by atoms with Gasteiger partial charge in [0.15, 0.2) is 0 Å². The topological polar surface area (TPSA) is 40.9 Å². The molecule has 0 aromatic carbocycles. The zero-order valence-electron chi connectivity index (χ0n) is 5.35. The van der Waals surface area contributed by atoms with E-state index < -0.39 is 12.1 Å². The van der Waals surface area contributed by atoms with Crippen LogP contribution in [0.2, 0.25) is 0 Å². The number of hydrogen-bond donors (Lipinski definition) is 0. The first kappa shape index (κ1) is 9.74. The average molecular weight is 164 g/mol. The molecule has 11 heavy (non-hydrogen) atoms. The van der Waals surface area contributed by atoms with Gasteiger partial charge >= 0.3 is 6.18 Å².